The van der Waals surface area contributed by atoms with Gasteiger partial charge in [0.15, 0.2) is 0 Å². The fraction of sp³-hybridized carbons (Fsp3) is 0.0357. The van der Waals surface area contributed by atoms with E-state index >= 15 is 0 Å². The molecule has 5 heterocycles. The summed E-state index contributed by atoms with van der Waals surface area (Å²) in [7, 11) is 2.05. The average molecular weight is 990 g/mol. The largest absolute Gasteiger partial charge is 0.510 e. The first kappa shape index (κ1) is 37.2. The summed E-state index contributed by atoms with van der Waals surface area (Å²) in [5, 5.41) is 2.20. The first-order chi connectivity index (χ1) is 30.6. The van der Waals surface area contributed by atoms with Crippen LogP contribution in [0.15, 0.2) is 188 Å². The molecule has 0 aliphatic carbocycles. The second-order valence-corrected chi connectivity index (χ2v) is 16.0. The van der Waals surface area contributed by atoms with Gasteiger partial charge in [0.05, 0.1) is 18.1 Å². The molecule has 2 aliphatic rings. The molecular formula is C56H34N4O2Pt-2. The summed E-state index contributed by atoms with van der Waals surface area (Å²) in [5.41, 5.74) is 12.9. The van der Waals surface area contributed by atoms with Crippen LogP contribution in [0.2, 0.25) is 0 Å². The Labute approximate surface area is 378 Å². The van der Waals surface area contributed by atoms with Crippen LogP contribution in [0.25, 0.3) is 66.6 Å². The maximum atomic E-state index is 6.93. The van der Waals surface area contributed by atoms with Gasteiger partial charge in [-0.1, -0.05) is 126 Å². The molecule has 11 aromatic rings. The van der Waals surface area contributed by atoms with Gasteiger partial charge < -0.3 is 23.2 Å². The van der Waals surface area contributed by atoms with Crippen molar-refractivity contribution in [2.75, 3.05) is 0 Å². The van der Waals surface area contributed by atoms with Crippen LogP contribution in [0.4, 0.5) is 0 Å². The first-order valence-corrected chi connectivity index (χ1v) is 20.8. The first-order valence-electron chi connectivity index (χ1n) is 20.8. The van der Waals surface area contributed by atoms with Gasteiger partial charge in [0.1, 0.15) is 17.3 Å². The summed E-state index contributed by atoms with van der Waals surface area (Å²) in [4.78, 5) is 4.72. The van der Waals surface area contributed by atoms with Crippen molar-refractivity contribution in [2.24, 2.45) is 7.05 Å². The second-order valence-electron chi connectivity index (χ2n) is 16.0. The standard InChI is InChI=1S/C56H34N4O2.Pt/c1-58-35-59-51-34-41(61-40-24-26-43-42-17-8-9-19-48(42)60(50(43)33-40)54-21-10-11-30-57-54)25-27-44(51)56(45-18-12-20-49(58)55(45)59)46-31-38(36-13-4-2-5-14-36)22-28-52(46)62-53-29-23-39(32-47(53)56)37-15-6-3-7-16-37;/h2-32H,1H3;/q-2;. The molecule has 0 N–H and O–H groups in total. The van der Waals surface area contributed by atoms with Crippen LogP contribution in [0.1, 0.15) is 22.3 Å². The van der Waals surface area contributed by atoms with Gasteiger partial charge in [-0.15, -0.1) is 35.2 Å². The van der Waals surface area contributed by atoms with Gasteiger partial charge >= 0.3 is 0 Å². The molecule has 6 nitrogen and oxygen atoms in total. The predicted octanol–water partition coefficient (Wildman–Crippen LogP) is 12.3. The van der Waals surface area contributed by atoms with E-state index in [4.69, 9.17) is 14.5 Å². The number of para-hydroxylation sites is 2. The fourth-order valence-electron chi connectivity index (χ4n) is 9.97. The quantitative estimate of drug-likeness (QED) is 0.127. The van der Waals surface area contributed by atoms with E-state index in [0.717, 1.165) is 100 Å². The van der Waals surface area contributed by atoms with E-state index < -0.39 is 5.41 Å². The molecule has 0 bridgehead atoms. The number of imidazole rings is 1. The minimum Gasteiger partial charge on any atom is -0.510 e. The Morgan fingerprint density at radius 3 is 1.95 bits per heavy atom. The van der Waals surface area contributed by atoms with Crippen molar-refractivity contribution in [3.05, 3.63) is 229 Å². The number of aromatic nitrogens is 4. The third kappa shape index (κ3) is 5.48. The Kier molecular flexibility index (Phi) is 8.44. The van der Waals surface area contributed by atoms with Crippen LogP contribution >= 0.6 is 0 Å². The van der Waals surface area contributed by atoms with E-state index in [2.05, 4.69) is 191 Å². The third-order valence-electron chi connectivity index (χ3n) is 12.6. The normalized spacial score (nSPS) is 13.0. The van der Waals surface area contributed by atoms with Crippen molar-refractivity contribution in [1.82, 2.24) is 14.1 Å². The molecule has 3 aromatic heterocycles. The zero-order valence-electron chi connectivity index (χ0n) is 33.8. The van der Waals surface area contributed by atoms with Gasteiger partial charge in [-0.25, -0.2) is 4.98 Å². The maximum Gasteiger partial charge on any atom is 0.242 e. The van der Waals surface area contributed by atoms with Crippen LogP contribution in [-0.4, -0.2) is 14.1 Å². The molecule has 0 radical (unpaired) electrons. The summed E-state index contributed by atoms with van der Waals surface area (Å²) in [6.07, 6.45) is 5.47. The Bertz CT molecular complexity index is 3510. The SMILES string of the molecule is C[n+]1[c-]n2c3c(cccc31)C1(c3ccc(Oc4[c-]c5c(cc4)c4ccccc4n5-c4ccccn4)[c-]c3-2)c2cc(-c3ccccc3)ccc2Oc2ccc(-c3ccccc3)cc21.[Pt]. The van der Waals surface area contributed by atoms with E-state index in [1.807, 2.05) is 36.5 Å². The summed E-state index contributed by atoms with van der Waals surface area (Å²) in [6.45, 7) is 0. The van der Waals surface area contributed by atoms with Gasteiger partial charge in [0.25, 0.3) is 0 Å². The molecule has 0 unspecified atom stereocenters. The summed E-state index contributed by atoms with van der Waals surface area (Å²) in [5.74, 6) is 3.59. The minimum absolute atomic E-state index is 0. The van der Waals surface area contributed by atoms with E-state index in [0.29, 0.717) is 11.5 Å². The van der Waals surface area contributed by atoms with Crippen molar-refractivity contribution >= 4 is 32.8 Å². The number of aryl methyl sites for hydroxylation is 1. The van der Waals surface area contributed by atoms with E-state index in [1.54, 1.807) is 0 Å². The molecule has 0 saturated heterocycles. The van der Waals surface area contributed by atoms with Crippen molar-refractivity contribution in [3.63, 3.8) is 0 Å². The minimum atomic E-state index is -0.813. The molecule has 1 spiro atoms. The zero-order valence-corrected chi connectivity index (χ0v) is 36.1. The monoisotopic (exact) mass is 989 g/mol. The molecule has 302 valence electrons. The van der Waals surface area contributed by atoms with Gasteiger partial charge in [-0.2, -0.15) is 12.1 Å². The van der Waals surface area contributed by atoms with Crippen LogP contribution < -0.4 is 14.0 Å². The van der Waals surface area contributed by atoms with Crippen LogP contribution in [0, 0.1) is 18.5 Å². The van der Waals surface area contributed by atoms with Gasteiger partial charge in [0.2, 0.25) is 6.33 Å². The molecular weight excluding hydrogens is 956 g/mol. The predicted molar refractivity (Wildman–Crippen MR) is 242 cm³/mol. The topological polar surface area (TPSA) is 45.1 Å². The average Bonchev–Trinajstić information content (AvgIpc) is 3.85. The molecule has 2 aliphatic heterocycles. The number of nitrogens with zero attached hydrogens (tertiary/aromatic N) is 4. The van der Waals surface area contributed by atoms with Crippen LogP contribution in [0.3, 0.4) is 0 Å². The molecule has 13 rings (SSSR count). The molecule has 0 amide bonds. The molecule has 0 fully saturated rings. The number of hydrogen-bond donors (Lipinski definition) is 0. The smallest absolute Gasteiger partial charge is 0.242 e. The van der Waals surface area contributed by atoms with Crippen molar-refractivity contribution in [2.45, 2.75) is 5.41 Å². The number of ether oxygens (including phenoxy) is 2. The van der Waals surface area contributed by atoms with Gasteiger partial charge in [-0.3, -0.25) is 0 Å². The van der Waals surface area contributed by atoms with E-state index in [-0.39, 0.29) is 21.1 Å². The Hall–Kier alpha value is -7.53. The summed E-state index contributed by atoms with van der Waals surface area (Å²) < 4.78 is 20.1. The molecule has 7 heteroatoms. The number of benzene rings is 8. The zero-order chi connectivity index (χ0) is 40.9. The molecule has 8 aromatic carbocycles. The van der Waals surface area contributed by atoms with Crippen molar-refractivity contribution in [3.8, 4) is 56.8 Å². The van der Waals surface area contributed by atoms with Gasteiger partial charge in [-0.05, 0) is 75.7 Å². The Morgan fingerprint density at radius 1 is 0.571 bits per heavy atom. The second kappa shape index (κ2) is 14.3. The third-order valence-corrected chi connectivity index (χ3v) is 12.6. The van der Waals surface area contributed by atoms with E-state index in [9.17, 15) is 0 Å². The number of pyridine rings is 1. The number of fused-ring (bicyclic) bond motifs is 11. The van der Waals surface area contributed by atoms with Crippen LogP contribution in [-0.2, 0) is 33.5 Å². The van der Waals surface area contributed by atoms with Crippen molar-refractivity contribution in [1.29, 1.82) is 0 Å². The molecule has 0 saturated carbocycles. The summed E-state index contributed by atoms with van der Waals surface area (Å²) in [6, 6.07) is 71.1. The Balaban J connectivity index is 0.00000421. The summed E-state index contributed by atoms with van der Waals surface area (Å²) >= 11 is 0. The molecule has 0 atom stereocenters. The number of hydrogen-bond acceptors (Lipinski definition) is 3. The fourth-order valence-corrected chi connectivity index (χ4v) is 9.97. The number of rotatable bonds is 5. The van der Waals surface area contributed by atoms with Gasteiger partial charge in [0, 0.05) is 60.8 Å². The Morgan fingerprint density at radius 2 is 1.24 bits per heavy atom. The van der Waals surface area contributed by atoms with E-state index in [1.165, 1.54) is 0 Å². The maximum absolute atomic E-state index is 6.93. The van der Waals surface area contributed by atoms with Crippen LogP contribution in [0.5, 0.6) is 23.0 Å². The van der Waals surface area contributed by atoms with Crippen molar-refractivity contribution < 1.29 is 35.1 Å². The molecule has 63 heavy (non-hydrogen) atoms.